The zero-order chi connectivity index (χ0) is 19.2. The molecule has 26 heavy (non-hydrogen) atoms. The summed E-state index contributed by atoms with van der Waals surface area (Å²) in [5, 5.41) is 13.8. The summed E-state index contributed by atoms with van der Waals surface area (Å²) in [5.74, 6) is -0.517. The molecule has 1 aliphatic heterocycles. The number of benzene rings is 1. The molecule has 0 radical (unpaired) electrons. The van der Waals surface area contributed by atoms with Crippen LogP contribution in [-0.4, -0.2) is 16.9 Å². The molecule has 0 saturated carbocycles. The van der Waals surface area contributed by atoms with E-state index >= 15 is 0 Å². The molecule has 1 atom stereocenters. The van der Waals surface area contributed by atoms with Gasteiger partial charge in [0.15, 0.2) is 0 Å². The van der Waals surface area contributed by atoms with E-state index in [4.69, 9.17) is 15.2 Å². The third-order valence-electron chi connectivity index (χ3n) is 4.26. The molecule has 2 aromatic rings. The molecule has 2 N–H and O–H groups in total. The van der Waals surface area contributed by atoms with E-state index in [1.54, 1.807) is 14.0 Å². The molecule has 0 spiro atoms. The standard InChI is InChI=1S/C17H15F3N4O2/c1-8-13-14(11(7-21)15(22)26-16(13)24(2)23-8)10-5-4-9(17(18,19)20)6-12(10)25-3/h4-6,14H,22H2,1-3H3. The average Bonchev–Trinajstić information content (AvgIpc) is 2.86. The minimum atomic E-state index is -4.51. The van der Waals surface area contributed by atoms with Crippen molar-refractivity contribution in [2.45, 2.75) is 19.0 Å². The van der Waals surface area contributed by atoms with Crippen molar-refractivity contribution in [3.63, 3.8) is 0 Å². The molecule has 1 aliphatic rings. The van der Waals surface area contributed by atoms with Crippen molar-refractivity contribution in [2.24, 2.45) is 12.8 Å². The van der Waals surface area contributed by atoms with E-state index < -0.39 is 17.7 Å². The van der Waals surface area contributed by atoms with Crippen molar-refractivity contribution in [1.82, 2.24) is 9.78 Å². The van der Waals surface area contributed by atoms with Gasteiger partial charge in [-0.05, 0) is 19.1 Å². The number of allylic oxidation sites excluding steroid dienone is 1. The summed E-state index contributed by atoms with van der Waals surface area (Å²) < 4.78 is 51.2. The van der Waals surface area contributed by atoms with Crippen molar-refractivity contribution >= 4 is 0 Å². The maximum Gasteiger partial charge on any atom is 0.416 e. The fourth-order valence-electron chi connectivity index (χ4n) is 3.11. The first-order valence-electron chi connectivity index (χ1n) is 7.55. The van der Waals surface area contributed by atoms with E-state index in [0.717, 1.165) is 12.1 Å². The van der Waals surface area contributed by atoms with E-state index in [-0.39, 0.29) is 17.2 Å². The normalized spacial score (nSPS) is 16.7. The van der Waals surface area contributed by atoms with Crippen LogP contribution in [-0.2, 0) is 13.2 Å². The highest BCUT2D eigenvalue weighted by Crippen LogP contribution is 2.47. The van der Waals surface area contributed by atoms with Crippen molar-refractivity contribution in [3.05, 3.63) is 52.0 Å². The Labute approximate surface area is 147 Å². The lowest BCUT2D eigenvalue weighted by molar-refractivity contribution is -0.137. The number of methoxy groups -OCH3 is 1. The molecule has 136 valence electrons. The number of rotatable bonds is 2. The minimum absolute atomic E-state index is 0.00137. The maximum atomic E-state index is 13.0. The average molecular weight is 364 g/mol. The van der Waals surface area contributed by atoms with Gasteiger partial charge in [0.1, 0.15) is 17.4 Å². The lowest BCUT2D eigenvalue weighted by Crippen LogP contribution is -2.22. The van der Waals surface area contributed by atoms with E-state index in [1.165, 1.54) is 17.9 Å². The number of nitrogens with zero attached hydrogens (tertiary/aromatic N) is 3. The summed E-state index contributed by atoms with van der Waals surface area (Å²) >= 11 is 0. The summed E-state index contributed by atoms with van der Waals surface area (Å²) in [4.78, 5) is 0. The first-order chi connectivity index (χ1) is 12.2. The van der Waals surface area contributed by atoms with Crippen LogP contribution in [0.5, 0.6) is 11.6 Å². The fourth-order valence-corrected chi connectivity index (χ4v) is 3.11. The van der Waals surface area contributed by atoms with Gasteiger partial charge in [0, 0.05) is 12.6 Å². The summed E-state index contributed by atoms with van der Waals surface area (Å²) in [6, 6.07) is 5.13. The Kier molecular flexibility index (Phi) is 4.06. The van der Waals surface area contributed by atoms with Crippen LogP contribution in [0.2, 0.25) is 0 Å². The van der Waals surface area contributed by atoms with E-state index in [0.29, 0.717) is 22.7 Å². The first-order valence-corrected chi connectivity index (χ1v) is 7.55. The molecule has 0 amide bonds. The van der Waals surface area contributed by atoms with Gasteiger partial charge in [0.2, 0.25) is 11.8 Å². The number of hydrogen-bond donors (Lipinski definition) is 1. The predicted octanol–water partition coefficient (Wildman–Crippen LogP) is 2.97. The Morgan fingerprint density at radius 1 is 1.38 bits per heavy atom. The Hall–Kier alpha value is -3.15. The second-order valence-corrected chi connectivity index (χ2v) is 5.81. The molecule has 3 rings (SSSR count). The van der Waals surface area contributed by atoms with E-state index in [9.17, 15) is 18.4 Å². The highest BCUT2D eigenvalue weighted by molar-refractivity contribution is 5.58. The molecule has 0 fully saturated rings. The number of nitriles is 1. The quantitative estimate of drug-likeness (QED) is 0.885. The maximum absolute atomic E-state index is 13.0. The van der Waals surface area contributed by atoms with Crippen molar-refractivity contribution in [2.75, 3.05) is 7.11 Å². The number of ether oxygens (including phenoxy) is 2. The summed E-state index contributed by atoms with van der Waals surface area (Å²) in [6.07, 6.45) is -4.51. The zero-order valence-electron chi connectivity index (χ0n) is 14.2. The van der Waals surface area contributed by atoms with Crippen molar-refractivity contribution in [3.8, 4) is 17.7 Å². The van der Waals surface area contributed by atoms with E-state index in [2.05, 4.69) is 5.10 Å². The Morgan fingerprint density at radius 2 is 2.08 bits per heavy atom. The SMILES string of the molecule is COc1cc(C(F)(F)F)ccc1C1C(C#N)=C(N)Oc2c1c(C)nn2C. The molecular weight excluding hydrogens is 349 g/mol. The van der Waals surface area contributed by atoms with Crippen LogP contribution >= 0.6 is 0 Å². The van der Waals surface area contributed by atoms with Gasteiger partial charge in [-0.2, -0.15) is 23.5 Å². The fraction of sp³-hybridized carbons (Fsp3) is 0.294. The van der Waals surface area contributed by atoms with Gasteiger partial charge >= 0.3 is 6.18 Å². The van der Waals surface area contributed by atoms with Gasteiger partial charge < -0.3 is 15.2 Å². The lowest BCUT2D eigenvalue weighted by atomic mass is 9.83. The Bertz CT molecular complexity index is 954. The smallest absolute Gasteiger partial charge is 0.416 e. The molecule has 1 aromatic carbocycles. The van der Waals surface area contributed by atoms with Gasteiger partial charge in [0.05, 0.1) is 29.8 Å². The second-order valence-electron chi connectivity index (χ2n) is 5.81. The van der Waals surface area contributed by atoms with Crippen LogP contribution in [0.25, 0.3) is 0 Å². The number of aryl methyl sites for hydroxylation is 2. The van der Waals surface area contributed by atoms with Gasteiger partial charge in [-0.25, -0.2) is 4.68 Å². The third kappa shape index (κ3) is 2.63. The summed E-state index contributed by atoms with van der Waals surface area (Å²) in [6.45, 7) is 1.72. The number of aromatic nitrogens is 2. The number of halogens is 3. The van der Waals surface area contributed by atoms with Crippen LogP contribution in [0.3, 0.4) is 0 Å². The summed E-state index contributed by atoms with van der Waals surface area (Å²) in [7, 11) is 2.92. The molecule has 0 saturated heterocycles. The number of alkyl halides is 3. The zero-order valence-corrected chi connectivity index (χ0v) is 14.2. The molecular formula is C17H15F3N4O2. The minimum Gasteiger partial charge on any atom is -0.496 e. The topological polar surface area (TPSA) is 86.1 Å². The van der Waals surface area contributed by atoms with Gasteiger partial charge in [-0.3, -0.25) is 0 Å². The molecule has 9 heteroatoms. The number of hydrogen-bond acceptors (Lipinski definition) is 5. The number of nitrogens with two attached hydrogens (primary N) is 1. The third-order valence-corrected chi connectivity index (χ3v) is 4.26. The molecule has 2 heterocycles. The Morgan fingerprint density at radius 3 is 2.65 bits per heavy atom. The highest BCUT2D eigenvalue weighted by Gasteiger charge is 2.38. The monoisotopic (exact) mass is 364 g/mol. The Balaban J connectivity index is 2.27. The van der Waals surface area contributed by atoms with Crippen molar-refractivity contribution < 1.29 is 22.6 Å². The van der Waals surface area contributed by atoms with Gasteiger partial charge in [-0.15, -0.1) is 0 Å². The lowest BCUT2D eigenvalue weighted by Gasteiger charge is -2.26. The largest absolute Gasteiger partial charge is 0.496 e. The van der Waals surface area contributed by atoms with Crippen LogP contribution in [0, 0.1) is 18.3 Å². The highest BCUT2D eigenvalue weighted by atomic mass is 19.4. The van der Waals surface area contributed by atoms with Gasteiger partial charge in [-0.1, -0.05) is 6.07 Å². The first kappa shape index (κ1) is 17.7. The van der Waals surface area contributed by atoms with Gasteiger partial charge in [0.25, 0.3) is 0 Å². The molecule has 0 bridgehead atoms. The van der Waals surface area contributed by atoms with Crippen LogP contribution < -0.4 is 15.2 Å². The molecule has 1 unspecified atom stereocenters. The van der Waals surface area contributed by atoms with Crippen LogP contribution in [0.15, 0.2) is 29.7 Å². The van der Waals surface area contributed by atoms with Crippen LogP contribution in [0.4, 0.5) is 13.2 Å². The summed E-state index contributed by atoms with van der Waals surface area (Å²) in [5.41, 5.74) is 6.64. The van der Waals surface area contributed by atoms with Crippen molar-refractivity contribution in [1.29, 1.82) is 5.26 Å². The molecule has 0 aliphatic carbocycles. The number of fused-ring (bicyclic) bond motifs is 1. The predicted molar refractivity (Wildman–Crippen MR) is 85.2 cm³/mol. The molecule has 6 nitrogen and oxygen atoms in total. The molecule has 1 aromatic heterocycles. The second kappa shape index (κ2) is 5.98. The van der Waals surface area contributed by atoms with E-state index in [1.807, 2.05) is 6.07 Å². The van der Waals surface area contributed by atoms with Crippen LogP contribution in [0.1, 0.15) is 28.3 Å².